The summed E-state index contributed by atoms with van der Waals surface area (Å²) < 4.78 is 6.77. The molecule has 2 N–H and O–H groups in total. The van der Waals surface area contributed by atoms with Crippen LogP contribution in [0.4, 0.5) is 0 Å². The smallest absolute Gasteiger partial charge is 0.163 e. The van der Waals surface area contributed by atoms with Gasteiger partial charge in [-0.1, -0.05) is 91.0 Å². The van der Waals surface area contributed by atoms with E-state index in [1.165, 1.54) is 16.7 Å². The van der Waals surface area contributed by atoms with Crippen molar-refractivity contribution < 1.29 is 4.43 Å². The summed E-state index contributed by atoms with van der Waals surface area (Å²) in [7, 11) is -0.715. The van der Waals surface area contributed by atoms with Gasteiger partial charge in [0.1, 0.15) is 5.60 Å². The zero-order valence-corrected chi connectivity index (χ0v) is 15.9. The van der Waals surface area contributed by atoms with Gasteiger partial charge in [-0.3, -0.25) is 0 Å². The molecule has 3 heteroatoms. The lowest BCUT2D eigenvalue weighted by atomic mass is 9.80. The lowest BCUT2D eigenvalue weighted by Crippen LogP contribution is -2.34. The fourth-order valence-electron chi connectivity index (χ4n) is 3.24. The molecule has 0 heterocycles. The minimum absolute atomic E-state index is 0.551. The van der Waals surface area contributed by atoms with Crippen LogP contribution >= 0.6 is 0 Å². The molecule has 0 radical (unpaired) electrons. The van der Waals surface area contributed by atoms with Crippen molar-refractivity contribution in [1.29, 1.82) is 0 Å². The molecule has 0 aliphatic heterocycles. The summed E-state index contributed by atoms with van der Waals surface area (Å²) in [5, 5.41) is 0. The van der Waals surface area contributed by atoms with E-state index in [0.717, 1.165) is 19.0 Å². The molecule has 128 valence electrons. The van der Waals surface area contributed by atoms with Gasteiger partial charge in [0, 0.05) is 0 Å². The Bertz CT molecular complexity index is 650. The van der Waals surface area contributed by atoms with E-state index in [1.807, 2.05) is 0 Å². The van der Waals surface area contributed by atoms with Crippen LogP contribution in [0.3, 0.4) is 0 Å². The summed E-state index contributed by atoms with van der Waals surface area (Å²) in [5.41, 5.74) is 8.65. The molecule has 0 saturated heterocycles. The molecule has 3 rings (SSSR count). The molecule has 0 atom stereocenters. The first-order valence-electron chi connectivity index (χ1n) is 8.88. The molecule has 3 aromatic rings. The van der Waals surface area contributed by atoms with Gasteiger partial charge in [-0.05, 0) is 35.7 Å². The fraction of sp³-hybridized carbons (Fsp3) is 0.182. The molecule has 0 aromatic heterocycles. The minimum Gasteiger partial charge on any atom is -0.407 e. The van der Waals surface area contributed by atoms with Crippen molar-refractivity contribution in [2.24, 2.45) is 5.73 Å². The standard InChI is InChI=1S/C22H25NOSi/c23-17-10-18-25-24-22(19-11-4-1-5-12-19,20-13-6-2-7-14-20)21-15-8-3-9-16-21/h1-9,11-16H,10,17-18,23,25H2. The van der Waals surface area contributed by atoms with E-state index in [1.54, 1.807) is 0 Å². The average Bonchev–Trinajstić information content (AvgIpc) is 2.70. The predicted octanol–water partition coefficient (Wildman–Crippen LogP) is 3.85. The molecule has 0 unspecified atom stereocenters. The Hall–Kier alpha value is -2.20. The van der Waals surface area contributed by atoms with E-state index in [0.29, 0.717) is 0 Å². The third-order valence-electron chi connectivity index (χ3n) is 4.46. The quantitative estimate of drug-likeness (QED) is 0.382. The van der Waals surface area contributed by atoms with Gasteiger partial charge in [0.25, 0.3) is 0 Å². The molecule has 2 nitrogen and oxygen atoms in total. The monoisotopic (exact) mass is 347 g/mol. The number of nitrogens with two attached hydrogens (primary N) is 1. The molecule has 0 bridgehead atoms. The van der Waals surface area contributed by atoms with Gasteiger partial charge in [-0.15, -0.1) is 0 Å². The topological polar surface area (TPSA) is 35.2 Å². The highest BCUT2D eigenvalue weighted by molar-refractivity contribution is 6.27. The van der Waals surface area contributed by atoms with Crippen LogP contribution in [0.15, 0.2) is 91.0 Å². The van der Waals surface area contributed by atoms with Gasteiger partial charge in [-0.2, -0.15) is 0 Å². The first kappa shape index (κ1) is 17.6. The number of rotatable bonds is 8. The van der Waals surface area contributed by atoms with E-state index >= 15 is 0 Å². The van der Waals surface area contributed by atoms with Crippen molar-refractivity contribution in [3.8, 4) is 0 Å². The summed E-state index contributed by atoms with van der Waals surface area (Å²) in [6.45, 7) is 0.728. The van der Waals surface area contributed by atoms with Gasteiger partial charge in [0.2, 0.25) is 0 Å². The van der Waals surface area contributed by atoms with Gasteiger partial charge in [0.15, 0.2) is 9.76 Å². The van der Waals surface area contributed by atoms with Gasteiger partial charge in [0.05, 0.1) is 0 Å². The highest BCUT2D eigenvalue weighted by Gasteiger charge is 2.36. The summed E-state index contributed by atoms with van der Waals surface area (Å²) >= 11 is 0. The van der Waals surface area contributed by atoms with E-state index in [9.17, 15) is 0 Å². The molecular weight excluding hydrogens is 322 g/mol. The van der Waals surface area contributed by atoms with Crippen LogP contribution in [-0.2, 0) is 10.0 Å². The summed E-state index contributed by atoms with van der Waals surface area (Å²) in [6.07, 6.45) is 1.03. The Balaban J connectivity index is 2.13. The van der Waals surface area contributed by atoms with Gasteiger partial charge >= 0.3 is 0 Å². The second-order valence-corrected chi connectivity index (χ2v) is 7.53. The first-order valence-corrected chi connectivity index (χ1v) is 10.5. The first-order chi connectivity index (χ1) is 12.4. The normalized spacial score (nSPS) is 11.9. The fourth-order valence-corrected chi connectivity index (χ4v) is 4.68. The van der Waals surface area contributed by atoms with Crippen LogP contribution in [0.2, 0.25) is 6.04 Å². The SMILES string of the molecule is NCCC[SiH2]OC(c1ccccc1)(c1ccccc1)c1ccccc1. The highest BCUT2D eigenvalue weighted by Crippen LogP contribution is 2.40. The molecule has 25 heavy (non-hydrogen) atoms. The lowest BCUT2D eigenvalue weighted by Gasteiger charge is -2.36. The zero-order valence-electron chi connectivity index (χ0n) is 14.5. The molecule has 0 spiro atoms. The molecule has 0 fully saturated rings. The van der Waals surface area contributed by atoms with Crippen LogP contribution in [-0.4, -0.2) is 16.3 Å². The molecule has 0 saturated carbocycles. The van der Waals surface area contributed by atoms with E-state index in [4.69, 9.17) is 10.2 Å². The van der Waals surface area contributed by atoms with E-state index in [-0.39, 0.29) is 0 Å². The van der Waals surface area contributed by atoms with Crippen LogP contribution < -0.4 is 5.73 Å². The maximum atomic E-state index is 6.77. The Kier molecular flexibility index (Phi) is 6.18. The van der Waals surface area contributed by atoms with Crippen molar-refractivity contribution >= 4 is 9.76 Å². The second kappa shape index (κ2) is 8.76. The zero-order chi connectivity index (χ0) is 17.4. The van der Waals surface area contributed by atoms with Crippen molar-refractivity contribution in [3.05, 3.63) is 108 Å². The Morgan fingerprint density at radius 2 is 1.08 bits per heavy atom. The molecule has 0 aliphatic rings. The Morgan fingerprint density at radius 3 is 1.44 bits per heavy atom. The predicted molar refractivity (Wildman–Crippen MR) is 107 cm³/mol. The largest absolute Gasteiger partial charge is 0.407 e. The second-order valence-electron chi connectivity index (χ2n) is 6.12. The molecule has 0 aliphatic carbocycles. The highest BCUT2D eigenvalue weighted by atomic mass is 28.2. The Morgan fingerprint density at radius 1 is 0.680 bits per heavy atom. The maximum absolute atomic E-state index is 6.77. The summed E-state index contributed by atoms with van der Waals surface area (Å²) in [5.74, 6) is 0. The van der Waals surface area contributed by atoms with Crippen LogP contribution in [0.1, 0.15) is 23.1 Å². The summed E-state index contributed by atoms with van der Waals surface area (Å²) in [4.78, 5) is 0. The number of benzene rings is 3. The van der Waals surface area contributed by atoms with Crippen molar-refractivity contribution in [2.45, 2.75) is 18.1 Å². The lowest BCUT2D eigenvalue weighted by molar-refractivity contribution is 0.163. The number of hydrogen-bond acceptors (Lipinski definition) is 2. The summed E-state index contributed by atoms with van der Waals surface area (Å²) in [6, 6.07) is 32.7. The van der Waals surface area contributed by atoms with Crippen LogP contribution in [0, 0.1) is 0 Å². The van der Waals surface area contributed by atoms with Gasteiger partial charge in [-0.25, -0.2) is 0 Å². The molecular formula is C22H25NOSi. The van der Waals surface area contributed by atoms with E-state index < -0.39 is 15.4 Å². The number of hydrogen-bond donors (Lipinski definition) is 1. The molecule has 3 aromatic carbocycles. The molecule has 0 amide bonds. The van der Waals surface area contributed by atoms with Gasteiger partial charge < -0.3 is 10.2 Å². The van der Waals surface area contributed by atoms with Crippen molar-refractivity contribution in [2.75, 3.05) is 6.54 Å². The maximum Gasteiger partial charge on any atom is 0.163 e. The third kappa shape index (κ3) is 3.90. The van der Waals surface area contributed by atoms with Crippen LogP contribution in [0.25, 0.3) is 0 Å². The Labute approximate surface area is 152 Å². The minimum atomic E-state index is -0.715. The van der Waals surface area contributed by atoms with E-state index in [2.05, 4.69) is 91.0 Å². The van der Waals surface area contributed by atoms with Crippen molar-refractivity contribution in [3.63, 3.8) is 0 Å². The third-order valence-corrected chi connectivity index (χ3v) is 5.88. The van der Waals surface area contributed by atoms with Crippen molar-refractivity contribution in [1.82, 2.24) is 0 Å². The average molecular weight is 348 g/mol. The van der Waals surface area contributed by atoms with Crippen LogP contribution in [0.5, 0.6) is 0 Å².